The van der Waals surface area contributed by atoms with Crippen molar-refractivity contribution in [1.82, 2.24) is 0 Å². The Morgan fingerprint density at radius 3 is 1.89 bits per heavy atom. The van der Waals surface area contributed by atoms with Crippen molar-refractivity contribution in [3.8, 4) is 0 Å². The Bertz CT molecular complexity index is 832. The molecule has 2 aromatic rings. The number of aryl methyl sites for hydroxylation is 1. The Balaban J connectivity index is 2.26. The van der Waals surface area contributed by atoms with Crippen LogP contribution in [0.25, 0.3) is 0 Å². The van der Waals surface area contributed by atoms with E-state index in [2.05, 4.69) is 0 Å². The number of rotatable bonds is 8. The normalized spacial score (nSPS) is 12.8. The lowest BCUT2D eigenvalue weighted by atomic mass is 9.77. The van der Waals surface area contributed by atoms with E-state index >= 15 is 0 Å². The molecule has 2 aromatic carbocycles. The molecule has 0 aliphatic rings. The van der Waals surface area contributed by atoms with Gasteiger partial charge < -0.3 is 4.74 Å². The van der Waals surface area contributed by atoms with E-state index in [9.17, 15) is 25.0 Å². The maximum atomic E-state index is 12.6. The van der Waals surface area contributed by atoms with E-state index in [-0.39, 0.29) is 18.0 Å². The van der Waals surface area contributed by atoms with Crippen molar-refractivity contribution in [3.63, 3.8) is 0 Å². The van der Waals surface area contributed by atoms with E-state index in [0.29, 0.717) is 18.4 Å². The molecule has 0 aliphatic carbocycles. The maximum absolute atomic E-state index is 12.6. The van der Waals surface area contributed by atoms with Crippen LogP contribution < -0.4 is 0 Å². The topological polar surface area (TPSA) is 113 Å². The van der Waals surface area contributed by atoms with Crippen molar-refractivity contribution in [2.45, 2.75) is 32.1 Å². The van der Waals surface area contributed by atoms with Gasteiger partial charge in [-0.15, -0.1) is 0 Å². The molecule has 0 spiro atoms. The Morgan fingerprint density at radius 1 is 0.963 bits per heavy atom. The van der Waals surface area contributed by atoms with Crippen LogP contribution in [0.15, 0.2) is 48.5 Å². The zero-order valence-corrected chi connectivity index (χ0v) is 15.1. The predicted octanol–water partition coefficient (Wildman–Crippen LogP) is 3.96. The highest BCUT2D eigenvalue weighted by atomic mass is 16.6. The summed E-state index contributed by atoms with van der Waals surface area (Å²) < 4.78 is 5.22. The minimum Gasteiger partial charge on any atom is -0.465 e. The summed E-state index contributed by atoms with van der Waals surface area (Å²) in [7, 11) is 0. The minimum absolute atomic E-state index is 0.00210. The van der Waals surface area contributed by atoms with E-state index in [1.54, 1.807) is 38.1 Å². The highest BCUT2D eigenvalue weighted by Gasteiger charge is 2.36. The van der Waals surface area contributed by atoms with Gasteiger partial charge in [-0.05, 0) is 37.8 Å². The van der Waals surface area contributed by atoms with Crippen molar-refractivity contribution in [1.29, 1.82) is 0 Å². The van der Waals surface area contributed by atoms with Gasteiger partial charge in [0.25, 0.3) is 11.4 Å². The molecule has 1 atom stereocenters. The van der Waals surface area contributed by atoms with Crippen LogP contribution in [0.2, 0.25) is 0 Å². The van der Waals surface area contributed by atoms with Gasteiger partial charge in [0.05, 0.1) is 21.9 Å². The van der Waals surface area contributed by atoms with E-state index in [0.717, 1.165) is 5.56 Å². The Labute approximate surface area is 156 Å². The maximum Gasteiger partial charge on any atom is 0.316 e. The summed E-state index contributed by atoms with van der Waals surface area (Å²) in [6.07, 6.45) is 0.881. The molecule has 0 N–H and O–H groups in total. The fourth-order valence-electron chi connectivity index (χ4n) is 2.78. The average molecular weight is 372 g/mol. The van der Waals surface area contributed by atoms with Gasteiger partial charge in [0.2, 0.25) is 0 Å². The molecule has 0 aromatic heterocycles. The summed E-state index contributed by atoms with van der Waals surface area (Å²) >= 11 is 0. The van der Waals surface area contributed by atoms with Crippen LogP contribution in [0.4, 0.5) is 11.4 Å². The summed E-state index contributed by atoms with van der Waals surface area (Å²) in [4.78, 5) is 33.2. The van der Waals surface area contributed by atoms with E-state index < -0.39 is 21.2 Å². The summed E-state index contributed by atoms with van der Waals surface area (Å²) in [5, 5.41) is 21.6. The average Bonchev–Trinajstić information content (AvgIpc) is 2.66. The molecule has 27 heavy (non-hydrogen) atoms. The Morgan fingerprint density at radius 2 is 1.44 bits per heavy atom. The molecule has 0 bridgehead atoms. The van der Waals surface area contributed by atoms with E-state index in [1.165, 1.54) is 24.3 Å². The van der Waals surface area contributed by atoms with E-state index in [1.807, 2.05) is 0 Å². The second-order valence-electron chi connectivity index (χ2n) is 6.28. The number of carbonyl (C=O) groups is 1. The smallest absolute Gasteiger partial charge is 0.316 e. The van der Waals surface area contributed by atoms with Crippen LogP contribution in [0.1, 0.15) is 31.4 Å². The van der Waals surface area contributed by atoms with Crippen LogP contribution in [-0.4, -0.2) is 22.4 Å². The third-order valence-electron chi connectivity index (χ3n) is 4.50. The van der Waals surface area contributed by atoms with Crippen molar-refractivity contribution in [2.24, 2.45) is 0 Å². The van der Waals surface area contributed by atoms with Gasteiger partial charge in [-0.2, -0.15) is 0 Å². The molecule has 0 saturated heterocycles. The first kappa shape index (κ1) is 20.0. The molecule has 0 radical (unpaired) electrons. The molecule has 8 heteroatoms. The number of hydrogen-bond acceptors (Lipinski definition) is 6. The summed E-state index contributed by atoms with van der Waals surface area (Å²) in [6, 6.07) is 12.0. The van der Waals surface area contributed by atoms with Gasteiger partial charge in [0.1, 0.15) is 0 Å². The number of esters is 1. The summed E-state index contributed by atoms with van der Waals surface area (Å²) in [5.74, 6) is -0.416. The molecular formula is C19H20N2O6. The van der Waals surface area contributed by atoms with Crippen molar-refractivity contribution >= 4 is 17.3 Å². The number of nitro benzene ring substituents is 2. The SMILES string of the molecule is CCOC(=O)C(C)(CCc1ccc([N+](=O)[O-])cc1)c1ccc([N+](=O)[O-])cc1. The number of non-ortho nitro benzene ring substituents is 2. The van der Waals surface area contributed by atoms with Gasteiger partial charge >= 0.3 is 5.97 Å². The molecule has 0 heterocycles. The number of carbonyl (C=O) groups excluding carboxylic acids is 1. The van der Waals surface area contributed by atoms with E-state index in [4.69, 9.17) is 4.74 Å². The highest BCUT2D eigenvalue weighted by Crippen LogP contribution is 2.32. The van der Waals surface area contributed by atoms with Crippen LogP contribution in [0.5, 0.6) is 0 Å². The molecule has 0 aliphatic heterocycles. The van der Waals surface area contributed by atoms with Gasteiger partial charge in [-0.25, -0.2) is 0 Å². The van der Waals surface area contributed by atoms with Gasteiger partial charge in [0.15, 0.2) is 0 Å². The van der Waals surface area contributed by atoms with Crippen LogP contribution in [0, 0.1) is 20.2 Å². The number of benzene rings is 2. The van der Waals surface area contributed by atoms with Crippen molar-refractivity contribution < 1.29 is 19.4 Å². The highest BCUT2D eigenvalue weighted by molar-refractivity contribution is 5.82. The predicted molar refractivity (Wildman–Crippen MR) is 98.5 cm³/mol. The lowest BCUT2D eigenvalue weighted by Gasteiger charge is -2.28. The lowest BCUT2D eigenvalue weighted by Crippen LogP contribution is -2.35. The standard InChI is InChI=1S/C19H20N2O6/c1-3-27-18(22)19(2,15-6-10-17(11-7-15)21(25)26)13-12-14-4-8-16(9-5-14)20(23)24/h4-11H,3,12-13H2,1-2H3. The first-order valence-electron chi connectivity index (χ1n) is 8.43. The number of nitrogens with zero attached hydrogens (tertiary/aromatic N) is 2. The molecule has 2 rings (SSSR count). The first-order chi connectivity index (χ1) is 12.8. The van der Waals surface area contributed by atoms with Gasteiger partial charge in [-0.3, -0.25) is 25.0 Å². The van der Waals surface area contributed by atoms with Crippen LogP contribution in [-0.2, 0) is 21.4 Å². The monoisotopic (exact) mass is 372 g/mol. The third kappa shape index (κ3) is 4.66. The first-order valence-corrected chi connectivity index (χ1v) is 8.43. The second-order valence-corrected chi connectivity index (χ2v) is 6.28. The molecule has 142 valence electrons. The third-order valence-corrected chi connectivity index (χ3v) is 4.50. The molecule has 0 amide bonds. The Hall–Kier alpha value is -3.29. The molecular weight excluding hydrogens is 352 g/mol. The van der Waals surface area contributed by atoms with Crippen LogP contribution in [0.3, 0.4) is 0 Å². The molecule has 8 nitrogen and oxygen atoms in total. The largest absolute Gasteiger partial charge is 0.465 e. The van der Waals surface area contributed by atoms with Gasteiger partial charge in [0, 0.05) is 24.3 Å². The second kappa shape index (κ2) is 8.39. The Kier molecular flexibility index (Phi) is 6.23. The number of ether oxygens (including phenoxy) is 1. The molecule has 0 fully saturated rings. The zero-order chi connectivity index (χ0) is 20.0. The molecule has 0 saturated carbocycles. The number of hydrogen-bond donors (Lipinski definition) is 0. The number of nitro groups is 2. The van der Waals surface area contributed by atoms with Crippen molar-refractivity contribution in [3.05, 3.63) is 79.9 Å². The zero-order valence-electron chi connectivity index (χ0n) is 15.1. The lowest BCUT2D eigenvalue weighted by molar-refractivity contribution is -0.385. The minimum atomic E-state index is -0.993. The summed E-state index contributed by atoms with van der Waals surface area (Å²) in [6.45, 7) is 3.67. The fourth-order valence-corrected chi connectivity index (χ4v) is 2.78. The summed E-state index contributed by atoms with van der Waals surface area (Å²) in [5.41, 5.74) is 0.418. The van der Waals surface area contributed by atoms with Crippen molar-refractivity contribution in [2.75, 3.05) is 6.61 Å². The molecule has 1 unspecified atom stereocenters. The quantitative estimate of drug-likeness (QED) is 0.394. The van der Waals surface area contributed by atoms with Gasteiger partial charge in [-0.1, -0.05) is 24.3 Å². The fraction of sp³-hybridized carbons (Fsp3) is 0.316. The van der Waals surface area contributed by atoms with Crippen LogP contribution >= 0.6 is 0 Å².